The molecule has 0 saturated carbocycles. The molecule has 0 atom stereocenters. The van der Waals surface area contributed by atoms with E-state index in [2.05, 4.69) is 10.6 Å². The van der Waals surface area contributed by atoms with Gasteiger partial charge >= 0.3 is 15.6 Å². The molecule has 1 heterocycles. The Hall–Kier alpha value is -1.01. The summed E-state index contributed by atoms with van der Waals surface area (Å²) in [5, 5.41) is 0. The highest BCUT2D eigenvalue weighted by Gasteiger charge is 2.50. The molecular weight excluding hydrogens is 361 g/mol. The lowest BCUT2D eigenvalue weighted by atomic mass is 10.3. The lowest BCUT2D eigenvalue weighted by Crippen LogP contribution is -2.30. The number of halogens is 3. The largest absolute Gasteiger partial charge is 0.524 e. The van der Waals surface area contributed by atoms with Crippen LogP contribution in [0.1, 0.15) is 26.2 Å². The molecule has 12 heteroatoms. The van der Waals surface area contributed by atoms with E-state index in [1.54, 1.807) is 11.1 Å². The Kier molecular flexibility index (Phi) is 6.71. The van der Waals surface area contributed by atoms with Crippen LogP contribution in [0.25, 0.3) is 0 Å². The average molecular weight is 380 g/mol. The molecule has 1 rings (SSSR count). The first-order valence-electron chi connectivity index (χ1n) is 6.88. The lowest BCUT2D eigenvalue weighted by Gasteiger charge is -2.20. The molecule has 0 aromatic heterocycles. The maximum Gasteiger partial charge on any atom is 0.524 e. The molecule has 0 N–H and O–H groups in total. The van der Waals surface area contributed by atoms with Gasteiger partial charge in [-0.3, -0.25) is 0 Å². The minimum Gasteiger partial charge on any atom is -0.359 e. The third-order valence-corrected chi connectivity index (χ3v) is 5.87. The third kappa shape index (κ3) is 6.55. The number of hydrogen-bond acceptors (Lipinski definition) is 7. The van der Waals surface area contributed by atoms with E-state index in [1.165, 1.54) is 0 Å². The second-order valence-electron chi connectivity index (χ2n) is 5.00. The standard InChI is InChI=1S/C11H19F3N2O5S2/c1-2-3-5-15-7-8-16(10-15)6-4-9-22(17,18)21-23(19,20)11(12,13)14/h7-8H,2-6,9-10H2,1H3. The predicted octanol–water partition coefficient (Wildman–Crippen LogP) is 1.42. The first kappa shape index (κ1) is 20.0. The van der Waals surface area contributed by atoms with Crippen LogP contribution in [0.4, 0.5) is 13.2 Å². The fourth-order valence-corrected chi connectivity index (χ4v) is 3.98. The Bertz CT molecular complexity index is 616. The van der Waals surface area contributed by atoms with Crippen LogP contribution in [0.15, 0.2) is 12.4 Å². The van der Waals surface area contributed by atoms with Gasteiger partial charge in [-0.05, 0) is 12.8 Å². The van der Waals surface area contributed by atoms with Crippen molar-refractivity contribution in [1.82, 2.24) is 9.80 Å². The van der Waals surface area contributed by atoms with Crippen molar-refractivity contribution in [3.05, 3.63) is 12.4 Å². The van der Waals surface area contributed by atoms with Crippen molar-refractivity contribution in [2.75, 3.05) is 25.5 Å². The summed E-state index contributed by atoms with van der Waals surface area (Å²) in [4.78, 5) is 3.80. The van der Waals surface area contributed by atoms with Crippen LogP contribution >= 0.6 is 0 Å². The monoisotopic (exact) mass is 380 g/mol. The van der Waals surface area contributed by atoms with Crippen LogP contribution in [0, 0.1) is 0 Å². The van der Waals surface area contributed by atoms with Gasteiger partial charge in [-0.1, -0.05) is 13.3 Å². The number of alkyl halides is 3. The summed E-state index contributed by atoms with van der Waals surface area (Å²) in [6, 6.07) is 0. The van der Waals surface area contributed by atoms with Crippen LogP contribution in [0.3, 0.4) is 0 Å². The van der Waals surface area contributed by atoms with Crippen molar-refractivity contribution >= 4 is 20.2 Å². The molecular formula is C11H19F3N2O5S2. The SMILES string of the molecule is CCCCN1C=CN(CCCS(=O)(=O)OS(=O)(=O)C(F)(F)F)C1. The summed E-state index contributed by atoms with van der Waals surface area (Å²) < 4.78 is 83.5. The van der Waals surface area contributed by atoms with Crippen LogP contribution in [0.2, 0.25) is 0 Å². The first-order chi connectivity index (χ1) is 10.5. The maximum absolute atomic E-state index is 12.1. The van der Waals surface area contributed by atoms with E-state index in [1.807, 2.05) is 11.1 Å². The molecule has 1 aliphatic heterocycles. The second kappa shape index (κ2) is 7.71. The molecule has 0 spiro atoms. The zero-order chi connectivity index (χ0) is 17.7. The maximum atomic E-state index is 12.1. The number of unbranched alkanes of at least 4 members (excludes halogenated alkanes) is 1. The van der Waals surface area contributed by atoms with Gasteiger partial charge in [0.1, 0.15) is 0 Å². The second-order valence-corrected chi connectivity index (χ2v) is 8.44. The molecule has 1 aliphatic rings. The van der Waals surface area contributed by atoms with Gasteiger partial charge < -0.3 is 9.80 Å². The highest BCUT2D eigenvalue weighted by molar-refractivity contribution is 8.00. The smallest absolute Gasteiger partial charge is 0.359 e. The molecule has 0 aliphatic carbocycles. The zero-order valence-corrected chi connectivity index (χ0v) is 14.1. The summed E-state index contributed by atoms with van der Waals surface area (Å²) in [7, 11) is -11.0. The van der Waals surface area contributed by atoms with Gasteiger partial charge in [0.25, 0.3) is 10.1 Å². The summed E-state index contributed by atoms with van der Waals surface area (Å²) in [6.45, 7) is 3.72. The Morgan fingerprint density at radius 3 is 2.04 bits per heavy atom. The zero-order valence-electron chi connectivity index (χ0n) is 12.5. The summed E-state index contributed by atoms with van der Waals surface area (Å²) in [5.74, 6) is -0.818. The van der Waals surface area contributed by atoms with E-state index in [-0.39, 0.29) is 13.0 Å². The Labute approximate surface area is 133 Å². The molecule has 0 aromatic carbocycles. The quantitative estimate of drug-likeness (QED) is 0.559. The fourth-order valence-electron chi connectivity index (χ4n) is 1.82. The van der Waals surface area contributed by atoms with Gasteiger partial charge in [0.15, 0.2) is 0 Å². The normalized spacial score (nSPS) is 16.3. The van der Waals surface area contributed by atoms with E-state index >= 15 is 0 Å². The fraction of sp³-hybridized carbons (Fsp3) is 0.818. The highest BCUT2D eigenvalue weighted by Crippen LogP contribution is 2.26. The summed E-state index contributed by atoms with van der Waals surface area (Å²) in [6.07, 6.45) is 5.58. The average Bonchev–Trinajstić information content (AvgIpc) is 2.81. The van der Waals surface area contributed by atoms with Gasteiger partial charge in [-0.2, -0.15) is 30.0 Å². The number of hydrogen-bond donors (Lipinski definition) is 0. The van der Waals surface area contributed by atoms with E-state index in [0.29, 0.717) is 6.67 Å². The Morgan fingerprint density at radius 1 is 1.04 bits per heavy atom. The van der Waals surface area contributed by atoms with Crippen LogP contribution in [0.5, 0.6) is 0 Å². The lowest BCUT2D eigenvalue weighted by molar-refractivity contribution is -0.0498. The summed E-state index contributed by atoms with van der Waals surface area (Å²) in [5.41, 5.74) is -5.77. The van der Waals surface area contributed by atoms with Gasteiger partial charge in [-0.15, -0.1) is 3.63 Å². The van der Waals surface area contributed by atoms with Crippen molar-refractivity contribution in [1.29, 1.82) is 0 Å². The molecule has 0 unspecified atom stereocenters. The van der Waals surface area contributed by atoms with E-state index in [9.17, 15) is 30.0 Å². The molecule has 0 bridgehead atoms. The first-order valence-corrected chi connectivity index (χ1v) is 9.87. The van der Waals surface area contributed by atoms with E-state index < -0.39 is 31.5 Å². The summed E-state index contributed by atoms with van der Waals surface area (Å²) >= 11 is 0. The molecule has 0 radical (unpaired) electrons. The third-order valence-electron chi connectivity index (χ3n) is 2.97. The van der Waals surface area contributed by atoms with Gasteiger partial charge in [0.2, 0.25) is 0 Å². The molecule has 23 heavy (non-hydrogen) atoms. The Balaban J connectivity index is 2.40. The van der Waals surface area contributed by atoms with Crippen molar-refractivity contribution in [2.45, 2.75) is 31.7 Å². The number of rotatable bonds is 9. The Morgan fingerprint density at radius 2 is 1.57 bits per heavy atom. The molecule has 7 nitrogen and oxygen atoms in total. The van der Waals surface area contributed by atoms with Crippen molar-refractivity contribution < 1.29 is 33.6 Å². The van der Waals surface area contributed by atoms with Crippen molar-refractivity contribution in [2.24, 2.45) is 0 Å². The van der Waals surface area contributed by atoms with Crippen LogP contribution in [-0.4, -0.2) is 57.7 Å². The van der Waals surface area contributed by atoms with E-state index in [4.69, 9.17) is 0 Å². The van der Waals surface area contributed by atoms with E-state index in [0.717, 1.165) is 19.4 Å². The van der Waals surface area contributed by atoms with Gasteiger partial charge in [-0.25, -0.2) is 0 Å². The van der Waals surface area contributed by atoms with Gasteiger partial charge in [0, 0.05) is 25.5 Å². The van der Waals surface area contributed by atoms with Gasteiger partial charge in [0.05, 0.1) is 12.4 Å². The topological polar surface area (TPSA) is 84.0 Å². The molecule has 136 valence electrons. The predicted molar refractivity (Wildman–Crippen MR) is 76.8 cm³/mol. The van der Waals surface area contributed by atoms with Crippen LogP contribution < -0.4 is 0 Å². The minimum absolute atomic E-state index is 0.0539. The highest BCUT2D eigenvalue weighted by atomic mass is 32.3. The number of nitrogens with zero attached hydrogens (tertiary/aromatic N) is 2. The van der Waals surface area contributed by atoms with Crippen molar-refractivity contribution in [3.63, 3.8) is 0 Å². The minimum atomic E-state index is -6.15. The molecule has 0 amide bonds. The van der Waals surface area contributed by atoms with Crippen molar-refractivity contribution in [3.8, 4) is 0 Å². The molecule has 0 saturated heterocycles. The van der Waals surface area contributed by atoms with Crippen LogP contribution in [-0.2, 0) is 23.9 Å². The molecule has 0 aromatic rings. The molecule has 0 fully saturated rings.